The normalized spacial score (nSPS) is 11.2. The van der Waals surface area contributed by atoms with Crippen molar-refractivity contribution < 1.29 is 13.2 Å². The highest BCUT2D eigenvalue weighted by Gasteiger charge is 2.13. The van der Waals surface area contributed by atoms with Crippen molar-refractivity contribution in [1.82, 2.24) is 5.32 Å². The summed E-state index contributed by atoms with van der Waals surface area (Å²) in [6.07, 6.45) is 1.48. The molecule has 2 rings (SSSR count). The van der Waals surface area contributed by atoms with Crippen LogP contribution in [0.15, 0.2) is 34.9 Å². The van der Waals surface area contributed by atoms with Crippen LogP contribution in [0, 0.1) is 11.6 Å². The summed E-state index contributed by atoms with van der Waals surface area (Å²) in [7, 11) is 0. The van der Waals surface area contributed by atoms with Gasteiger partial charge in [0.2, 0.25) is 0 Å². The molecule has 18 heavy (non-hydrogen) atoms. The van der Waals surface area contributed by atoms with Crippen molar-refractivity contribution in [3.8, 4) is 11.1 Å². The average molecular weight is 251 g/mol. The van der Waals surface area contributed by atoms with Crippen molar-refractivity contribution in [2.45, 2.75) is 26.4 Å². The fraction of sp³-hybridized carbons (Fsp3) is 0.286. The maximum Gasteiger partial charge on any atom is 0.131 e. The molecule has 0 amide bonds. The minimum atomic E-state index is -0.463. The van der Waals surface area contributed by atoms with Crippen LogP contribution in [0.5, 0.6) is 0 Å². The molecule has 0 bridgehead atoms. The van der Waals surface area contributed by atoms with Crippen molar-refractivity contribution >= 4 is 0 Å². The van der Waals surface area contributed by atoms with E-state index in [4.69, 9.17) is 4.42 Å². The summed E-state index contributed by atoms with van der Waals surface area (Å²) in [6.45, 7) is 4.49. The van der Waals surface area contributed by atoms with Gasteiger partial charge in [-0.3, -0.25) is 0 Å². The Morgan fingerprint density at radius 2 is 1.94 bits per heavy atom. The first-order valence-electron chi connectivity index (χ1n) is 5.83. The van der Waals surface area contributed by atoms with E-state index in [0.29, 0.717) is 23.9 Å². The molecular weight excluding hydrogens is 236 g/mol. The summed E-state index contributed by atoms with van der Waals surface area (Å²) in [5.41, 5.74) is 0.810. The first-order chi connectivity index (χ1) is 8.58. The second-order valence-electron chi connectivity index (χ2n) is 4.42. The Morgan fingerprint density at radius 3 is 2.67 bits per heavy atom. The van der Waals surface area contributed by atoms with Crippen LogP contribution >= 0.6 is 0 Å². The van der Waals surface area contributed by atoms with Gasteiger partial charge in [-0.15, -0.1) is 0 Å². The molecule has 0 aliphatic heterocycles. The van der Waals surface area contributed by atoms with Gasteiger partial charge in [0.1, 0.15) is 17.4 Å². The molecule has 1 heterocycles. The van der Waals surface area contributed by atoms with Crippen LogP contribution in [0.25, 0.3) is 11.1 Å². The van der Waals surface area contributed by atoms with Crippen molar-refractivity contribution in [3.63, 3.8) is 0 Å². The molecule has 1 aromatic heterocycles. The van der Waals surface area contributed by atoms with Gasteiger partial charge in [-0.05, 0) is 24.3 Å². The SMILES string of the molecule is CC(C)NCc1occc1-c1cc(F)ccc1F. The Labute approximate surface area is 105 Å². The molecule has 96 valence electrons. The summed E-state index contributed by atoms with van der Waals surface area (Å²) < 4.78 is 32.2. The van der Waals surface area contributed by atoms with Gasteiger partial charge in [0, 0.05) is 17.2 Å². The summed E-state index contributed by atoms with van der Waals surface area (Å²) in [6, 6.07) is 5.34. The maximum atomic E-state index is 13.7. The van der Waals surface area contributed by atoms with E-state index >= 15 is 0 Å². The largest absolute Gasteiger partial charge is 0.467 e. The number of hydrogen-bond acceptors (Lipinski definition) is 2. The van der Waals surface area contributed by atoms with Crippen LogP contribution in [-0.4, -0.2) is 6.04 Å². The number of rotatable bonds is 4. The quantitative estimate of drug-likeness (QED) is 0.895. The third kappa shape index (κ3) is 2.76. The van der Waals surface area contributed by atoms with Gasteiger partial charge < -0.3 is 9.73 Å². The Kier molecular flexibility index (Phi) is 3.77. The highest BCUT2D eigenvalue weighted by molar-refractivity contribution is 5.66. The van der Waals surface area contributed by atoms with E-state index in [1.807, 2.05) is 13.8 Å². The van der Waals surface area contributed by atoms with Gasteiger partial charge in [-0.25, -0.2) is 8.78 Å². The van der Waals surface area contributed by atoms with Crippen molar-refractivity contribution in [2.24, 2.45) is 0 Å². The van der Waals surface area contributed by atoms with Crippen molar-refractivity contribution in [3.05, 3.63) is 47.9 Å². The Hall–Kier alpha value is -1.68. The molecule has 0 radical (unpaired) electrons. The molecule has 0 unspecified atom stereocenters. The van der Waals surface area contributed by atoms with Gasteiger partial charge in [0.05, 0.1) is 12.8 Å². The molecule has 2 aromatic rings. The summed E-state index contributed by atoms with van der Waals surface area (Å²) >= 11 is 0. The van der Waals surface area contributed by atoms with E-state index in [0.717, 1.165) is 12.1 Å². The monoisotopic (exact) mass is 251 g/mol. The van der Waals surface area contributed by atoms with E-state index in [9.17, 15) is 8.78 Å². The van der Waals surface area contributed by atoms with E-state index in [1.165, 1.54) is 12.3 Å². The molecular formula is C14H15F2NO. The molecule has 1 aromatic carbocycles. The molecule has 0 fully saturated rings. The molecule has 0 aliphatic rings. The third-order valence-corrected chi connectivity index (χ3v) is 2.63. The van der Waals surface area contributed by atoms with E-state index in [1.54, 1.807) is 6.07 Å². The van der Waals surface area contributed by atoms with Crippen LogP contribution in [0.2, 0.25) is 0 Å². The predicted molar refractivity (Wildman–Crippen MR) is 66.0 cm³/mol. The highest BCUT2D eigenvalue weighted by Crippen LogP contribution is 2.28. The number of benzene rings is 1. The summed E-state index contributed by atoms with van der Waals surface area (Å²) in [4.78, 5) is 0. The van der Waals surface area contributed by atoms with E-state index < -0.39 is 11.6 Å². The fourth-order valence-corrected chi connectivity index (χ4v) is 1.72. The fourth-order valence-electron chi connectivity index (χ4n) is 1.72. The molecule has 2 nitrogen and oxygen atoms in total. The van der Waals surface area contributed by atoms with Crippen molar-refractivity contribution in [1.29, 1.82) is 0 Å². The Morgan fingerprint density at radius 1 is 1.17 bits per heavy atom. The molecule has 0 atom stereocenters. The van der Waals surface area contributed by atoms with Gasteiger partial charge in [0.25, 0.3) is 0 Å². The topological polar surface area (TPSA) is 25.2 Å². The second-order valence-corrected chi connectivity index (χ2v) is 4.42. The minimum Gasteiger partial charge on any atom is -0.467 e. The second kappa shape index (κ2) is 5.31. The van der Waals surface area contributed by atoms with Crippen molar-refractivity contribution in [2.75, 3.05) is 0 Å². The number of furan rings is 1. The van der Waals surface area contributed by atoms with E-state index in [2.05, 4.69) is 5.32 Å². The Balaban J connectivity index is 2.33. The lowest BCUT2D eigenvalue weighted by Gasteiger charge is -2.08. The third-order valence-electron chi connectivity index (χ3n) is 2.63. The molecule has 4 heteroatoms. The van der Waals surface area contributed by atoms with Gasteiger partial charge in [-0.1, -0.05) is 13.8 Å². The van der Waals surface area contributed by atoms with E-state index in [-0.39, 0.29) is 5.56 Å². The molecule has 0 aliphatic carbocycles. The first kappa shape index (κ1) is 12.8. The first-order valence-corrected chi connectivity index (χ1v) is 5.83. The van der Waals surface area contributed by atoms with Crippen LogP contribution in [0.4, 0.5) is 8.78 Å². The molecule has 0 spiro atoms. The van der Waals surface area contributed by atoms with Crippen LogP contribution in [0.1, 0.15) is 19.6 Å². The minimum absolute atomic E-state index is 0.226. The number of hydrogen-bond donors (Lipinski definition) is 1. The summed E-state index contributed by atoms with van der Waals surface area (Å²) in [5.74, 6) is -0.313. The zero-order valence-electron chi connectivity index (χ0n) is 10.3. The lowest BCUT2D eigenvalue weighted by atomic mass is 10.1. The number of nitrogens with one attached hydrogen (secondary N) is 1. The van der Waals surface area contributed by atoms with Crippen LogP contribution < -0.4 is 5.32 Å². The molecule has 1 N–H and O–H groups in total. The molecule has 0 saturated heterocycles. The van der Waals surface area contributed by atoms with Gasteiger partial charge in [-0.2, -0.15) is 0 Å². The maximum absolute atomic E-state index is 13.7. The Bertz CT molecular complexity index is 534. The molecule has 0 saturated carbocycles. The van der Waals surface area contributed by atoms with Crippen LogP contribution in [-0.2, 0) is 6.54 Å². The average Bonchev–Trinajstić information content (AvgIpc) is 2.77. The lowest BCUT2D eigenvalue weighted by Crippen LogP contribution is -2.21. The lowest BCUT2D eigenvalue weighted by molar-refractivity contribution is 0.466. The van der Waals surface area contributed by atoms with Gasteiger partial charge in [0.15, 0.2) is 0 Å². The summed E-state index contributed by atoms with van der Waals surface area (Å²) in [5, 5.41) is 3.18. The van der Waals surface area contributed by atoms with Gasteiger partial charge >= 0.3 is 0 Å². The number of halogens is 2. The van der Waals surface area contributed by atoms with Crippen LogP contribution in [0.3, 0.4) is 0 Å². The smallest absolute Gasteiger partial charge is 0.131 e. The zero-order chi connectivity index (χ0) is 13.1. The zero-order valence-corrected chi connectivity index (χ0v) is 10.3. The predicted octanol–water partition coefficient (Wildman–Crippen LogP) is 3.72. The highest BCUT2D eigenvalue weighted by atomic mass is 19.1. The standard InChI is InChI=1S/C14H15F2NO/c1-9(2)17-8-14-11(5-6-18-14)12-7-10(15)3-4-13(12)16/h3-7,9,17H,8H2,1-2H3.